The van der Waals surface area contributed by atoms with Crippen LogP contribution in [0.1, 0.15) is 17.0 Å². The molecule has 0 radical (unpaired) electrons. The lowest BCUT2D eigenvalue weighted by Crippen LogP contribution is -2.15. The van der Waals surface area contributed by atoms with E-state index in [1.165, 1.54) is 11.1 Å². The highest BCUT2D eigenvalue weighted by Gasteiger charge is 2.25. The number of aliphatic hydroxyl groups is 1. The molecule has 0 aromatic heterocycles. The van der Waals surface area contributed by atoms with Gasteiger partial charge in [0.25, 0.3) is 0 Å². The van der Waals surface area contributed by atoms with Gasteiger partial charge in [-0.3, -0.25) is 0 Å². The zero-order chi connectivity index (χ0) is 9.26. The van der Waals surface area contributed by atoms with Crippen LogP contribution in [0.15, 0.2) is 24.3 Å². The SMILES string of the molecule is Cc1ccc(C2CNCC2O)cc1. The molecule has 1 fully saturated rings. The third kappa shape index (κ3) is 1.74. The topological polar surface area (TPSA) is 32.3 Å². The van der Waals surface area contributed by atoms with Gasteiger partial charge in [-0.05, 0) is 12.5 Å². The molecular formula is C11H15NO. The number of hydrogen-bond acceptors (Lipinski definition) is 2. The van der Waals surface area contributed by atoms with E-state index in [0.29, 0.717) is 0 Å². The molecule has 1 aliphatic rings. The summed E-state index contributed by atoms with van der Waals surface area (Å²) in [5.74, 6) is 0.278. The van der Waals surface area contributed by atoms with Crippen LogP contribution in [0.4, 0.5) is 0 Å². The van der Waals surface area contributed by atoms with Gasteiger partial charge < -0.3 is 10.4 Å². The van der Waals surface area contributed by atoms with Crippen molar-refractivity contribution in [2.24, 2.45) is 0 Å². The highest BCUT2D eigenvalue weighted by molar-refractivity contribution is 5.26. The zero-order valence-corrected chi connectivity index (χ0v) is 7.83. The van der Waals surface area contributed by atoms with E-state index in [-0.39, 0.29) is 12.0 Å². The molecule has 2 nitrogen and oxygen atoms in total. The minimum absolute atomic E-state index is 0.220. The second kappa shape index (κ2) is 3.48. The molecule has 13 heavy (non-hydrogen) atoms. The van der Waals surface area contributed by atoms with Gasteiger partial charge in [0.2, 0.25) is 0 Å². The molecule has 2 atom stereocenters. The first-order chi connectivity index (χ1) is 6.27. The fourth-order valence-electron chi connectivity index (χ4n) is 1.82. The van der Waals surface area contributed by atoms with Gasteiger partial charge >= 0.3 is 0 Å². The Kier molecular flexibility index (Phi) is 2.34. The quantitative estimate of drug-likeness (QED) is 0.672. The minimum atomic E-state index is -0.220. The Morgan fingerprint density at radius 3 is 2.46 bits per heavy atom. The van der Waals surface area contributed by atoms with Crippen LogP contribution >= 0.6 is 0 Å². The maximum absolute atomic E-state index is 9.65. The Morgan fingerprint density at radius 1 is 1.23 bits per heavy atom. The molecule has 1 heterocycles. The van der Waals surface area contributed by atoms with Crippen molar-refractivity contribution in [2.45, 2.75) is 18.9 Å². The average molecular weight is 177 g/mol. The van der Waals surface area contributed by atoms with Gasteiger partial charge in [0.1, 0.15) is 0 Å². The van der Waals surface area contributed by atoms with Crippen molar-refractivity contribution in [1.29, 1.82) is 0 Å². The van der Waals surface area contributed by atoms with E-state index in [9.17, 15) is 5.11 Å². The maximum atomic E-state index is 9.65. The molecule has 1 saturated heterocycles. The Labute approximate surface area is 78.6 Å². The van der Waals surface area contributed by atoms with E-state index in [0.717, 1.165) is 13.1 Å². The van der Waals surface area contributed by atoms with Crippen molar-refractivity contribution in [1.82, 2.24) is 5.32 Å². The van der Waals surface area contributed by atoms with Gasteiger partial charge in [0, 0.05) is 19.0 Å². The monoisotopic (exact) mass is 177 g/mol. The van der Waals surface area contributed by atoms with Crippen molar-refractivity contribution in [3.63, 3.8) is 0 Å². The lowest BCUT2D eigenvalue weighted by atomic mass is 9.95. The Balaban J connectivity index is 2.20. The Hall–Kier alpha value is -0.860. The van der Waals surface area contributed by atoms with E-state index in [1.807, 2.05) is 0 Å². The maximum Gasteiger partial charge on any atom is 0.0745 e. The first kappa shape index (κ1) is 8.73. The van der Waals surface area contributed by atoms with Crippen LogP contribution < -0.4 is 5.32 Å². The second-order valence-electron chi connectivity index (χ2n) is 3.74. The van der Waals surface area contributed by atoms with Gasteiger partial charge in [0.05, 0.1) is 6.10 Å². The summed E-state index contributed by atoms with van der Waals surface area (Å²) < 4.78 is 0. The van der Waals surface area contributed by atoms with Crippen molar-refractivity contribution in [3.05, 3.63) is 35.4 Å². The zero-order valence-electron chi connectivity index (χ0n) is 7.83. The molecule has 2 unspecified atom stereocenters. The third-order valence-electron chi connectivity index (χ3n) is 2.69. The number of aliphatic hydroxyl groups excluding tert-OH is 1. The molecule has 2 heteroatoms. The number of nitrogens with one attached hydrogen (secondary N) is 1. The molecule has 0 spiro atoms. The molecule has 2 N–H and O–H groups in total. The van der Waals surface area contributed by atoms with Crippen molar-refractivity contribution in [2.75, 3.05) is 13.1 Å². The summed E-state index contributed by atoms with van der Waals surface area (Å²) in [6.07, 6.45) is -0.220. The smallest absolute Gasteiger partial charge is 0.0745 e. The number of β-amino-alcohol motifs (C(OH)–C–C–N with tert-alkyl or cyclic N) is 1. The minimum Gasteiger partial charge on any atom is -0.391 e. The predicted molar refractivity (Wildman–Crippen MR) is 52.8 cm³/mol. The molecular weight excluding hydrogens is 162 g/mol. The van der Waals surface area contributed by atoms with Gasteiger partial charge in [0.15, 0.2) is 0 Å². The largest absolute Gasteiger partial charge is 0.391 e. The molecule has 2 rings (SSSR count). The fourth-order valence-corrected chi connectivity index (χ4v) is 1.82. The van der Waals surface area contributed by atoms with E-state index in [1.54, 1.807) is 0 Å². The summed E-state index contributed by atoms with van der Waals surface area (Å²) in [6.45, 7) is 3.69. The molecule has 0 amide bonds. The first-order valence-corrected chi connectivity index (χ1v) is 4.73. The van der Waals surface area contributed by atoms with Crippen LogP contribution in [-0.4, -0.2) is 24.3 Å². The third-order valence-corrected chi connectivity index (χ3v) is 2.69. The summed E-state index contributed by atoms with van der Waals surface area (Å²) in [5, 5.41) is 12.8. The second-order valence-corrected chi connectivity index (χ2v) is 3.74. The number of benzene rings is 1. The van der Waals surface area contributed by atoms with Crippen LogP contribution in [0.2, 0.25) is 0 Å². The van der Waals surface area contributed by atoms with Gasteiger partial charge in [-0.25, -0.2) is 0 Å². The van der Waals surface area contributed by atoms with Crippen LogP contribution in [0, 0.1) is 6.92 Å². The summed E-state index contributed by atoms with van der Waals surface area (Å²) in [7, 11) is 0. The standard InChI is InChI=1S/C11H15NO/c1-8-2-4-9(5-3-8)10-6-12-7-11(10)13/h2-5,10-13H,6-7H2,1H3. The molecule has 0 bridgehead atoms. The van der Waals surface area contributed by atoms with Gasteiger partial charge in [-0.1, -0.05) is 29.8 Å². The van der Waals surface area contributed by atoms with E-state index in [4.69, 9.17) is 0 Å². The predicted octanol–water partition coefficient (Wildman–Crippen LogP) is 1.04. The van der Waals surface area contributed by atoms with Gasteiger partial charge in [-0.2, -0.15) is 0 Å². The van der Waals surface area contributed by atoms with Gasteiger partial charge in [-0.15, -0.1) is 0 Å². The van der Waals surface area contributed by atoms with E-state index < -0.39 is 0 Å². The van der Waals surface area contributed by atoms with Crippen LogP contribution in [0.5, 0.6) is 0 Å². The number of rotatable bonds is 1. The Morgan fingerprint density at radius 2 is 1.92 bits per heavy atom. The van der Waals surface area contributed by atoms with Crippen LogP contribution in [0.3, 0.4) is 0 Å². The molecule has 0 aliphatic carbocycles. The molecule has 1 aromatic carbocycles. The van der Waals surface area contributed by atoms with Crippen molar-refractivity contribution in [3.8, 4) is 0 Å². The molecule has 1 aliphatic heterocycles. The lowest BCUT2D eigenvalue weighted by Gasteiger charge is -2.13. The fraction of sp³-hybridized carbons (Fsp3) is 0.455. The highest BCUT2D eigenvalue weighted by atomic mass is 16.3. The highest BCUT2D eigenvalue weighted by Crippen LogP contribution is 2.22. The number of hydrogen-bond donors (Lipinski definition) is 2. The normalized spacial score (nSPS) is 27.8. The van der Waals surface area contributed by atoms with Crippen LogP contribution in [-0.2, 0) is 0 Å². The molecule has 70 valence electrons. The van der Waals surface area contributed by atoms with Crippen molar-refractivity contribution >= 4 is 0 Å². The van der Waals surface area contributed by atoms with Crippen LogP contribution in [0.25, 0.3) is 0 Å². The van der Waals surface area contributed by atoms with E-state index in [2.05, 4.69) is 36.5 Å². The average Bonchev–Trinajstić information content (AvgIpc) is 2.53. The molecule has 1 aromatic rings. The lowest BCUT2D eigenvalue weighted by molar-refractivity contribution is 0.178. The summed E-state index contributed by atoms with van der Waals surface area (Å²) >= 11 is 0. The summed E-state index contributed by atoms with van der Waals surface area (Å²) in [5.41, 5.74) is 2.51. The Bertz CT molecular complexity index is 281. The van der Waals surface area contributed by atoms with Crippen molar-refractivity contribution < 1.29 is 5.11 Å². The molecule has 0 saturated carbocycles. The van der Waals surface area contributed by atoms with E-state index >= 15 is 0 Å². The number of aryl methyl sites for hydroxylation is 1. The first-order valence-electron chi connectivity index (χ1n) is 4.73. The summed E-state index contributed by atoms with van der Waals surface area (Å²) in [6, 6.07) is 8.41. The summed E-state index contributed by atoms with van der Waals surface area (Å²) in [4.78, 5) is 0.